The van der Waals surface area contributed by atoms with Crippen molar-refractivity contribution in [3.8, 4) is 5.75 Å². The van der Waals surface area contributed by atoms with Gasteiger partial charge in [-0.2, -0.15) is 4.31 Å². The van der Waals surface area contributed by atoms with Gasteiger partial charge in [0.15, 0.2) is 0 Å². The van der Waals surface area contributed by atoms with Crippen LogP contribution in [0.5, 0.6) is 5.75 Å². The Morgan fingerprint density at radius 2 is 1.79 bits per heavy atom. The van der Waals surface area contributed by atoms with Gasteiger partial charge in [-0.3, -0.25) is 9.69 Å². The minimum absolute atomic E-state index is 0.0157. The Balaban J connectivity index is 1.48. The number of hydrogen-bond acceptors (Lipinski definition) is 6. The second-order valence-electron chi connectivity index (χ2n) is 8.41. The number of benzene rings is 2. The lowest BCUT2D eigenvalue weighted by atomic mass is 10.0. The van der Waals surface area contributed by atoms with Gasteiger partial charge in [0.1, 0.15) is 17.6 Å². The van der Waals surface area contributed by atoms with Crippen molar-refractivity contribution in [3.63, 3.8) is 0 Å². The minimum atomic E-state index is -3.90. The molecule has 34 heavy (non-hydrogen) atoms. The van der Waals surface area contributed by atoms with Crippen LogP contribution in [0.15, 0.2) is 53.4 Å². The number of methoxy groups -OCH3 is 1. The van der Waals surface area contributed by atoms with E-state index in [4.69, 9.17) is 9.47 Å². The molecule has 1 amide bonds. The van der Waals surface area contributed by atoms with Crippen molar-refractivity contribution in [3.05, 3.63) is 59.9 Å². The number of morpholine rings is 1. The van der Waals surface area contributed by atoms with Crippen molar-refractivity contribution in [1.29, 1.82) is 0 Å². The monoisotopic (exact) mass is 491 g/mol. The smallest absolute Gasteiger partial charge is 0.243 e. The summed E-state index contributed by atoms with van der Waals surface area (Å²) >= 11 is 0. The molecule has 2 aromatic rings. The fourth-order valence-corrected chi connectivity index (χ4v) is 6.18. The van der Waals surface area contributed by atoms with E-state index >= 15 is 0 Å². The molecule has 8 nitrogen and oxygen atoms in total. The lowest BCUT2D eigenvalue weighted by Crippen LogP contribution is -2.49. The summed E-state index contributed by atoms with van der Waals surface area (Å²) in [7, 11) is -2.29. The van der Waals surface area contributed by atoms with Crippen molar-refractivity contribution in [2.75, 3.05) is 46.5 Å². The van der Waals surface area contributed by atoms with E-state index in [0.29, 0.717) is 32.6 Å². The molecule has 2 atom stereocenters. The lowest BCUT2D eigenvalue weighted by Gasteiger charge is -2.35. The number of carbonyl (C=O) groups is 1. The van der Waals surface area contributed by atoms with Gasteiger partial charge < -0.3 is 14.8 Å². The lowest BCUT2D eigenvalue weighted by molar-refractivity contribution is -0.124. The van der Waals surface area contributed by atoms with Gasteiger partial charge in [-0.25, -0.2) is 12.8 Å². The van der Waals surface area contributed by atoms with Crippen molar-refractivity contribution < 1.29 is 27.1 Å². The first-order chi connectivity index (χ1) is 16.4. The Morgan fingerprint density at radius 3 is 2.44 bits per heavy atom. The van der Waals surface area contributed by atoms with E-state index in [2.05, 4.69) is 10.2 Å². The Bertz CT molecular complexity index is 1070. The number of halogens is 1. The SMILES string of the molecule is COc1ccc([C@@H](CNC(=O)[C@@H]2CCCN2S(=O)(=O)c2ccc(F)cc2)N2CCOCC2)cc1. The average Bonchev–Trinajstić information content (AvgIpc) is 3.37. The number of rotatable bonds is 8. The first-order valence-corrected chi connectivity index (χ1v) is 12.8. The topological polar surface area (TPSA) is 88.2 Å². The highest BCUT2D eigenvalue weighted by Crippen LogP contribution is 2.27. The molecule has 0 aromatic heterocycles. The predicted octanol–water partition coefficient (Wildman–Crippen LogP) is 2.18. The molecule has 0 unspecified atom stereocenters. The molecule has 184 valence electrons. The summed E-state index contributed by atoms with van der Waals surface area (Å²) in [5, 5.41) is 2.99. The summed E-state index contributed by atoms with van der Waals surface area (Å²) in [5.74, 6) is -0.0848. The van der Waals surface area contributed by atoms with Crippen LogP contribution in [0.1, 0.15) is 24.4 Å². The second kappa shape index (κ2) is 10.8. The van der Waals surface area contributed by atoms with Gasteiger partial charge in [0.05, 0.1) is 31.3 Å². The number of ether oxygens (including phenoxy) is 2. The number of carbonyl (C=O) groups excluding carboxylic acids is 1. The number of nitrogens with zero attached hydrogens (tertiary/aromatic N) is 2. The molecule has 2 aliphatic heterocycles. The Kier molecular flexibility index (Phi) is 7.82. The van der Waals surface area contributed by atoms with Crippen LogP contribution in [0, 0.1) is 5.82 Å². The Morgan fingerprint density at radius 1 is 1.12 bits per heavy atom. The molecule has 1 N–H and O–H groups in total. The van der Waals surface area contributed by atoms with Gasteiger partial charge in [-0.1, -0.05) is 12.1 Å². The van der Waals surface area contributed by atoms with Crippen molar-refractivity contribution in [2.45, 2.75) is 29.8 Å². The van der Waals surface area contributed by atoms with Crippen LogP contribution in [0.2, 0.25) is 0 Å². The standard InChI is InChI=1S/C24H30FN3O5S/c1-32-20-8-4-18(5-9-20)23(27-13-15-33-16-14-27)17-26-24(29)22-3-2-12-28(22)34(30,31)21-10-6-19(25)7-11-21/h4-11,22-23H,2-3,12-17H2,1H3,(H,26,29)/t22-,23+/m0/s1. The highest BCUT2D eigenvalue weighted by Gasteiger charge is 2.39. The molecule has 2 heterocycles. The molecular weight excluding hydrogens is 461 g/mol. The summed E-state index contributed by atoms with van der Waals surface area (Å²) < 4.78 is 51.5. The molecule has 10 heteroatoms. The van der Waals surface area contributed by atoms with Crippen molar-refractivity contribution in [1.82, 2.24) is 14.5 Å². The third-order valence-electron chi connectivity index (χ3n) is 6.38. The van der Waals surface area contributed by atoms with E-state index in [1.165, 1.54) is 16.4 Å². The van der Waals surface area contributed by atoms with Crippen LogP contribution in [-0.2, 0) is 19.6 Å². The maximum absolute atomic E-state index is 13.3. The molecular formula is C24H30FN3O5S. The quantitative estimate of drug-likeness (QED) is 0.609. The molecule has 2 fully saturated rings. The Hall–Kier alpha value is -2.53. The summed E-state index contributed by atoms with van der Waals surface area (Å²) in [6.45, 7) is 3.30. The fourth-order valence-electron chi connectivity index (χ4n) is 4.52. The maximum atomic E-state index is 13.3. The van der Waals surface area contributed by atoms with Crippen LogP contribution >= 0.6 is 0 Å². The van der Waals surface area contributed by atoms with Crippen LogP contribution in [0.25, 0.3) is 0 Å². The van der Waals surface area contributed by atoms with E-state index in [-0.39, 0.29) is 23.4 Å². The highest BCUT2D eigenvalue weighted by molar-refractivity contribution is 7.89. The van der Waals surface area contributed by atoms with Crippen molar-refractivity contribution in [2.24, 2.45) is 0 Å². The first-order valence-electron chi connectivity index (χ1n) is 11.4. The molecule has 4 rings (SSSR count). The van der Waals surface area contributed by atoms with Crippen LogP contribution in [0.3, 0.4) is 0 Å². The molecule has 2 aromatic carbocycles. The fraction of sp³-hybridized carbons (Fsp3) is 0.458. The van der Waals surface area contributed by atoms with Crippen molar-refractivity contribution >= 4 is 15.9 Å². The third kappa shape index (κ3) is 5.41. The summed E-state index contributed by atoms with van der Waals surface area (Å²) in [5.41, 5.74) is 1.03. The van der Waals surface area contributed by atoms with Gasteiger partial charge in [0.2, 0.25) is 15.9 Å². The maximum Gasteiger partial charge on any atom is 0.243 e. The molecule has 0 aliphatic carbocycles. The predicted molar refractivity (Wildman–Crippen MR) is 124 cm³/mol. The zero-order chi connectivity index (χ0) is 24.1. The first kappa shape index (κ1) is 24.6. The molecule has 0 spiro atoms. The molecule has 0 saturated carbocycles. The van der Waals surface area contributed by atoms with E-state index in [1.54, 1.807) is 7.11 Å². The van der Waals surface area contributed by atoms with Gasteiger partial charge in [0.25, 0.3) is 0 Å². The molecule has 0 bridgehead atoms. The molecule has 0 radical (unpaired) electrons. The van der Waals surface area contributed by atoms with Gasteiger partial charge in [-0.05, 0) is 54.8 Å². The summed E-state index contributed by atoms with van der Waals surface area (Å²) in [4.78, 5) is 15.4. The average molecular weight is 492 g/mol. The van der Waals surface area contributed by atoms with E-state index < -0.39 is 21.9 Å². The summed E-state index contributed by atoms with van der Waals surface area (Å²) in [6.07, 6.45) is 1.03. The highest BCUT2D eigenvalue weighted by atomic mass is 32.2. The zero-order valence-corrected chi connectivity index (χ0v) is 20.0. The number of sulfonamides is 1. The van der Waals surface area contributed by atoms with Crippen LogP contribution in [-0.4, -0.2) is 76.1 Å². The van der Waals surface area contributed by atoms with E-state index in [1.807, 2.05) is 24.3 Å². The van der Waals surface area contributed by atoms with E-state index in [9.17, 15) is 17.6 Å². The van der Waals surface area contributed by atoms with Crippen LogP contribution < -0.4 is 10.1 Å². The van der Waals surface area contributed by atoms with Crippen LogP contribution in [0.4, 0.5) is 4.39 Å². The van der Waals surface area contributed by atoms with Gasteiger partial charge >= 0.3 is 0 Å². The van der Waals surface area contributed by atoms with Gasteiger partial charge in [0, 0.05) is 26.2 Å². The van der Waals surface area contributed by atoms with E-state index in [0.717, 1.165) is 36.5 Å². The third-order valence-corrected chi connectivity index (χ3v) is 8.31. The van der Waals surface area contributed by atoms with Gasteiger partial charge in [-0.15, -0.1) is 0 Å². The number of nitrogens with one attached hydrogen (secondary N) is 1. The largest absolute Gasteiger partial charge is 0.497 e. The molecule has 2 saturated heterocycles. The minimum Gasteiger partial charge on any atom is -0.497 e. The zero-order valence-electron chi connectivity index (χ0n) is 19.2. The Labute approximate surface area is 199 Å². The summed E-state index contributed by atoms with van der Waals surface area (Å²) in [6, 6.07) is 11.5. The normalized spacial score (nSPS) is 20.7. The second-order valence-corrected chi connectivity index (χ2v) is 10.3. The number of amides is 1. The number of hydrogen-bond donors (Lipinski definition) is 1. The molecule has 2 aliphatic rings.